The van der Waals surface area contributed by atoms with Crippen LogP contribution >= 0.6 is 0 Å². The van der Waals surface area contributed by atoms with Crippen molar-refractivity contribution in [3.8, 4) is 0 Å². The van der Waals surface area contributed by atoms with Crippen molar-refractivity contribution in [1.29, 1.82) is 0 Å². The molecule has 2 heterocycles. The van der Waals surface area contributed by atoms with E-state index >= 15 is 0 Å². The van der Waals surface area contributed by atoms with Gasteiger partial charge in [0, 0.05) is 13.2 Å². The number of anilines is 2. The van der Waals surface area contributed by atoms with Crippen molar-refractivity contribution in [2.24, 2.45) is 7.05 Å². The zero-order valence-electron chi connectivity index (χ0n) is 10.8. The molecule has 2 aromatic heterocycles. The predicted molar refractivity (Wildman–Crippen MR) is 70.5 cm³/mol. The molecule has 0 aliphatic carbocycles. The highest BCUT2D eigenvalue weighted by molar-refractivity contribution is 5.95. The van der Waals surface area contributed by atoms with Crippen LogP contribution in [0.3, 0.4) is 0 Å². The normalized spacial score (nSPS) is 10.2. The van der Waals surface area contributed by atoms with E-state index in [-0.39, 0.29) is 5.69 Å². The third-order valence-corrected chi connectivity index (χ3v) is 2.71. The van der Waals surface area contributed by atoms with Crippen molar-refractivity contribution < 1.29 is 9.53 Å². The summed E-state index contributed by atoms with van der Waals surface area (Å²) in [7, 11) is 3.16. The van der Waals surface area contributed by atoms with Gasteiger partial charge in [-0.3, -0.25) is 4.68 Å². The summed E-state index contributed by atoms with van der Waals surface area (Å²) in [4.78, 5) is 15.6. The second kappa shape index (κ2) is 5.38. The molecule has 100 valence electrons. The van der Waals surface area contributed by atoms with E-state index in [1.54, 1.807) is 16.9 Å². The number of methoxy groups -OCH3 is 1. The topological polar surface area (TPSA) is 95.1 Å². The zero-order chi connectivity index (χ0) is 13.8. The highest BCUT2D eigenvalue weighted by Crippen LogP contribution is 2.16. The minimum atomic E-state index is -0.483. The molecule has 7 heteroatoms. The Balaban J connectivity index is 2.13. The largest absolute Gasteiger partial charge is 0.465 e. The number of carbonyl (C=O) groups excluding carboxylic acids is 1. The van der Waals surface area contributed by atoms with Gasteiger partial charge in [-0.05, 0) is 12.1 Å². The fraction of sp³-hybridized carbons (Fsp3) is 0.250. The number of pyridine rings is 1. The van der Waals surface area contributed by atoms with Crippen LogP contribution < -0.4 is 11.1 Å². The molecule has 0 aromatic carbocycles. The Kier molecular flexibility index (Phi) is 3.65. The van der Waals surface area contributed by atoms with Crippen molar-refractivity contribution in [3.63, 3.8) is 0 Å². The molecule has 0 saturated heterocycles. The van der Waals surface area contributed by atoms with Crippen molar-refractivity contribution in [2.75, 3.05) is 18.2 Å². The quantitative estimate of drug-likeness (QED) is 0.790. The van der Waals surface area contributed by atoms with E-state index < -0.39 is 5.97 Å². The summed E-state index contributed by atoms with van der Waals surface area (Å²) in [6.45, 7) is 0.550. The van der Waals surface area contributed by atoms with E-state index in [0.717, 1.165) is 5.69 Å². The van der Waals surface area contributed by atoms with Gasteiger partial charge in [0.25, 0.3) is 0 Å². The third kappa shape index (κ3) is 2.82. The summed E-state index contributed by atoms with van der Waals surface area (Å²) < 4.78 is 6.41. The molecule has 0 bridgehead atoms. The summed E-state index contributed by atoms with van der Waals surface area (Å²) in [5.41, 5.74) is 7.26. The van der Waals surface area contributed by atoms with E-state index in [2.05, 4.69) is 20.1 Å². The molecule has 2 aromatic rings. The van der Waals surface area contributed by atoms with Crippen molar-refractivity contribution in [2.45, 2.75) is 6.54 Å². The number of carbonyl (C=O) groups is 1. The summed E-state index contributed by atoms with van der Waals surface area (Å²) >= 11 is 0. The average Bonchev–Trinajstić information content (AvgIpc) is 2.82. The Morgan fingerprint density at radius 1 is 1.58 bits per heavy atom. The van der Waals surface area contributed by atoms with Crippen LogP contribution in [0, 0.1) is 0 Å². The summed E-state index contributed by atoms with van der Waals surface area (Å²) in [6, 6.07) is 3.46. The number of nitrogens with one attached hydrogen (secondary N) is 1. The van der Waals surface area contributed by atoms with E-state index in [4.69, 9.17) is 5.73 Å². The molecule has 0 amide bonds. The number of hydrogen-bond donors (Lipinski definition) is 2. The number of rotatable bonds is 4. The Morgan fingerprint density at radius 2 is 2.37 bits per heavy atom. The van der Waals surface area contributed by atoms with Crippen molar-refractivity contribution in [3.05, 3.63) is 35.8 Å². The first-order valence-corrected chi connectivity index (χ1v) is 5.66. The summed E-state index contributed by atoms with van der Waals surface area (Å²) in [5.74, 6) is 0.0688. The molecular formula is C12H15N5O2. The van der Waals surface area contributed by atoms with Gasteiger partial charge in [-0.2, -0.15) is 5.10 Å². The monoisotopic (exact) mass is 261 g/mol. The fourth-order valence-electron chi connectivity index (χ4n) is 1.61. The maximum absolute atomic E-state index is 11.5. The first kappa shape index (κ1) is 12.9. The fourth-order valence-corrected chi connectivity index (χ4v) is 1.61. The molecular weight excluding hydrogens is 246 g/mol. The average molecular weight is 261 g/mol. The van der Waals surface area contributed by atoms with Gasteiger partial charge in [-0.15, -0.1) is 0 Å². The standard InChI is InChI=1S/C12H15N5O2/c1-17-8(3-4-16-17)6-14-11-5-9(12(18)19-2)10(13)7-15-11/h3-5,7H,6,13H2,1-2H3,(H,14,15). The number of hydrogen-bond acceptors (Lipinski definition) is 6. The number of aromatic nitrogens is 3. The molecule has 0 aliphatic heterocycles. The molecule has 0 fully saturated rings. The Labute approximate surface area is 110 Å². The van der Waals surface area contributed by atoms with E-state index in [9.17, 15) is 4.79 Å². The van der Waals surface area contributed by atoms with Gasteiger partial charge in [0.2, 0.25) is 0 Å². The number of nitrogens with zero attached hydrogens (tertiary/aromatic N) is 3. The molecule has 0 saturated carbocycles. The summed E-state index contributed by atoms with van der Waals surface area (Å²) in [6.07, 6.45) is 3.14. The third-order valence-electron chi connectivity index (χ3n) is 2.71. The zero-order valence-corrected chi connectivity index (χ0v) is 10.8. The number of nitrogens with two attached hydrogens (primary N) is 1. The van der Waals surface area contributed by atoms with Crippen molar-refractivity contribution >= 4 is 17.5 Å². The molecule has 0 aliphatic rings. The lowest BCUT2D eigenvalue weighted by molar-refractivity contribution is 0.0602. The number of esters is 1. The van der Waals surface area contributed by atoms with E-state index in [1.165, 1.54) is 13.3 Å². The van der Waals surface area contributed by atoms with Gasteiger partial charge in [0.05, 0.1) is 36.8 Å². The minimum Gasteiger partial charge on any atom is -0.465 e. The number of ether oxygens (including phenoxy) is 1. The summed E-state index contributed by atoms with van der Waals surface area (Å²) in [5, 5.41) is 7.16. The first-order chi connectivity index (χ1) is 9.11. The van der Waals surface area contributed by atoms with Gasteiger partial charge in [0.15, 0.2) is 0 Å². The molecule has 19 heavy (non-hydrogen) atoms. The highest BCUT2D eigenvalue weighted by Gasteiger charge is 2.11. The second-order valence-corrected chi connectivity index (χ2v) is 3.95. The Morgan fingerprint density at radius 3 is 3.00 bits per heavy atom. The van der Waals surface area contributed by atoms with Crippen LogP contribution in [0.4, 0.5) is 11.5 Å². The molecule has 0 spiro atoms. The highest BCUT2D eigenvalue weighted by atomic mass is 16.5. The number of nitrogen functional groups attached to an aromatic ring is 1. The van der Waals surface area contributed by atoms with Gasteiger partial charge < -0.3 is 15.8 Å². The predicted octanol–water partition coefficient (Wildman–Crippen LogP) is 0.796. The van der Waals surface area contributed by atoms with Crippen LogP contribution in [-0.4, -0.2) is 27.8 Å². The smallest absolute Gasteiger partial charge is 0.340 e. The van der Waals surface area contributed by atoms with Crippen LogP contribution in [-0.2, 0) is 18.3 Å². The SMILES string of the molecule is COC(=O)c1cc(NCc2ccnn2C)ncc1N. The lowest BCUT2D eigenvalue weighted by atomic mass is 10.2. The maximum Gasteiger partial charge on any atom is 0.340 e. The van der Waals surface area contributed by atoms with E-state index in [1.807, 2.05) is 13.1 Å². The Hall–Kier alpha value is -2.57. The molecule has 0 unspecified atom stereocenters. The number of aryl methyl sites for hydroxylation is 1. The first-order valence-electron chi connectivity index (χ1n) is 5.66. The van der Waals surface area contributed by atoms with Crippen LogP contribution in [0.25, 0.3) is 0 Å². The van der Waals surface area contributed by atoms with Gasteiger partial charge in [-0.1, -0.05) is 0 Å². The molecule has 0 atom stereocenters. The van der Waals surface area contributed by atoms with Crippen LogP contribution in [0.5, 0.6) is 0 Å². The van der Waals surface area contributed by atoms with Crippen molar-refractivity contribution in [1.82, 2.24) is 14.8 Å². The molecule has 7 nitrogen and oxygen atoms in total. The molecule has 0 radical (unpaired) electrons. The Bertz CT molecular complexity index is 594. The van der Waals surface area contributed by atoms with Crippen LogP contribution in [0.15, 0.2) is 24.5 Å². The lowest BCUT2D eigenvalue weighted by Gasteiger charge is -2.08. The second-order valence-electron chi connectivity index (χ2n) is 3.95. The van der Waals surface area contributed by atoms with Gasteiger partial charge >= 0.3 is 5.97 Å². The maximum atomic E-state index is 11.5. The minimum absolute atomic E-state index is 0.290. The van der Waals surface area contributed by atoms with Gasteiger partial charge in [-0.25, -0.2) is 9.78 Å². The molecule has 3 N–H and O–H groups in total. The molecule has 2 rings (SSSR count). The lowest BCUT2D eigenvalue weighted by Crippen LogP contribution is -2.10. The van der Waals surface area contributed by atoms with Crippen LogP contribution in [0.2, 0.25) is 0 Å². The van der Waals surface area contributed by atoms with Gasteiger partial charge in [0.1, 0.15) is 5.82 Å². The van der Waals surface area contributed by atoms with E-state index in [0.29, 0.717) is 17.9 Å². The van der Waals surface area contributed by atoms with Crippen LogP contribution in [0.1, 0.15) is 16.1 Å².